The Morgan fingerprint density at radius 3 is 2.39 bits per heavy atom. The summed E-state index contributed by atoms with van der Waals surface area (Å²) in [7, 11) is -3.66. The van der Waals surface area contributed by atoms with Gasteiger partial charge in [-0.1, -0.05) is 0 Å². The summed E-state index contributed by atoms with van der Waals surface area (Å²) in [6.45, 7) is 0.675. The zero-order chi connectivity index (χ0) is 13.6. The third-order valence-corrected chi connectivity index (χ3v) is 2.93. The van der Waals surface area contributed by atoms with Crippen molar-refractivity contribution >= 4 is 21.6 Å². The molecule has 0 saturated carbocycles. The molecule has 1 rings (SSSR count). The lowest BCUT2D eigenvalue weighted by Gasteiger charge is -2.07. The molecule has 0 aromatic heterocycles. The number of benzene rings is 1. The summed E-state index contributed by atoms with van der Waals surface area (Å²) in [5.74, 6) is -0.521. The molecule has 0 radical (unpaired) electrons. The van der Waals surface area contributed by atoms with Gasteiger partial charge in [0, 0.05) is 12.2 Å². The maximum Gasteiger partial charge on any atom is 0.243 e. The van der Waals surface area contributed by atoms with Gasteiger partial charge in [-0.15, -0.1) is 0 Å². The quantitative estimate of drug-likeness (QED) is 0.564. The van der Waals surface area contributed by atoms with Crippen LogP contribution in [0.25, 0.3) is 0 Å². The van der Waals surface area contributed by atoms with E-state index in [1.165, 1.54) is 12.1 Å². The van der Waals surface area contributed by atoms with Gasteiger partial charge in [-0.2, -0.15) is 0 Å². The first kappa shape index (κ1) is 14.4. The lowest BCUT2D eigenvalue weighted by Crippen LogP contribution is -2.20. The number of carbonyl (C=O) groups is 1. The fraction of sp³-hybridized carbons (Fsp3) is 0.300. The fourth-order valence-corrected chi connectivity index (χ4v) is 1.72. The number of primary amides is 1. The molecule has 0 saturated heterocycles. The number of amides is 1. The summed E-state index contributed by atoms with van der Waals surface area (Å²) in [5, 5.41) is 7.95. The molecule has 1 aromatic carbocycles. The number of rotatable bonds is 7. The number of carbonyl (C=O) groups excluding carboxylic acids is 1. The maximum absolute atomic E-state index is 11.0. The molecule has 5 N–H and O–H groups in total. The monoisotopic (exact) mass is 273 g/mol. The Balaban J connectivity index is 2.38. The highest BCUT2D eigenvalue weighted by Crippen LogP contribution is 2.12. The molecule has 0 fully saturated rings. The van der Waals surface area contributed by atoms with Gasteiger partial charge in [0.25, 0.3) is 0 Å². The zero-order valence-electron chi connectivity index (χ0n) is 9.63. The second-order valence-corrected chi connectivity index (χ2v) is 5.08. The number of anilines is 1. The number of sulfonamides is 1. The molecule has 0 atom stereocenters. The van der Waals surface area contributed by atoms with Crippen LogP contribution in [-0.4, -0.2) is 34.1 Å². The van der Waals surface area contributed by atoms with Gasteiger partial charge in [-0.05, 0) is 24.3 Å². The minimum Gasteiger partial charge on any atom is -0.383 e. The van der Waals surface area contributed by atoms with Gasteiger partial charge in [0.2, 0.25) is 15.9 Å². The van der Waals surface area contributed by atoms with Gasteiger partial charge in [-0.25, -0.2) is 13.6 Å². The summed E-state index contributed by atoms with van der Waals surface area (Å²) in [5.41, 5.74) is 5.62. The summed E-state index contributed by atoms with van der Waals surface area (Å²) in [6.07, 6.45) is 0. The number of hydrogen-bond acceptors (Lipinski definition) is 5. The molecule has 0 aliphatic rings. The van der Waals surface area contributed by atoms with Crippen molar-refractivity contribution in [1.29, 1.82) is 0 Å². The number of nitrogens with one attached hydrogen (secondary N) is 1. The van der Waals surface area contributed by atoms with Crippen LogP contribution >= 0.6 is 0 Å². The molecule has 0 bridgehead atoms. The zero-order valence-corrected chi connectivity index (χ0v) is 10.4. The molecule has 1 aromatic rings. The molecule has 0 spiro atoms. The van der Waals surface area contributed by atoms with Crippen LogP contribution in [0.3, 0.4) is 0 Å². The molecule has 0 unspecified atom stereocenters. The van der Waals surface area contributed by atoms with E-state index in [9.17, 15) is 13.2 Å². The van der Waals surface area contributed by atoms with Gasteiger partial charge < -0.3 is 15.8 Å². The van der Waals surface area contributed by atoms with Gasteiger partial charge in [0.05, 0.1) is 11.5 Å². The van der Waals surface area contributed by atoms with E-state index in [1.807, 2.05) is 0 Å². The van der Waals surface area contributed by atoms with Crippen molar-refractivity contribution in [2.75, 3.05) is 25.1 Å². The minimum absolute atomic E-state index is 0.0537. The van der Waals surface area contributed by atoms with E-state index in [0.717, 1.165) is 5.69 Å². The van der Waals surface area contributed by atoms with E-state index in [-0.39, 0.29) is 11.5 Å². The third-order valence-electron chi connectivity index (χ3n) is 2.00. The largest absolute Gasteiger partial charge is 0.383 e. The van der Waals surface area contributed by atoms with Gasteiger partial charge in [0.15, 0.2) is 0 Å². The maximum atomic E-state index is 11.0. The van der Waals surface area contributed by atoms with Crippen molar-refractivity contribution in [1.82, 2.24) is 0 Å². The SMILES string of the molecule is NC(=O)COCCNc1ccc(S(N)(=O)=O)cc1. The lowest BCUT2D eigenvalue weighted by molar-refractivity contribution is -0.122. The smallest absolute Gasteiger partial charge is 0.243 e. The van der Waals surface area contributed by atoms with Crippen molar-refractivity contribution in [3.05, 3.63) is 24.3 Å². The van der Waals surface area contributed by atoms with Gasteiger partial charge >= 0.3 is 0 Å². The lowest BCUT2D eigenvalue weighted by atomic mass is 10.3. The van der Waals surface area contributed by atoms with Crippen LogP contribution in [0.5, 0.6) is 0 Å². The van der Waals surface area contributed by atoms with E-state index in [2.05, 4.69) is 5.32 Å². The summed E-state index contributed by atoms with van der Waals surface area (Å²) < 4.78 is 26.9. The Morgan fingerprint density at radius 1 is 1.28 bits per heavy atom. The third kappa shape index (κ3) is 5.13. The van der Waals surface area contributed by atoms with Crippen LogP contribution in [0.2, 0.25) is 0 Å². The van der Waals surface area contributed by atoms with E-state index in [1.54, 1.807) is 12.1 Å². The van der Waals surface area contributed by atoms with E-state index in [4.69, 9.17) is 15.6 Å². The number of hydrogen-bond donors (Lipinski definition) is 3. The van der Waals surface area contributed by atoms with E-state index >= 15 is 0 Å². The summed E-state index contributed by atoms with van der Waals surface area (Å²) >= 11 is 0. The van der Waals surface area contributed by atoms with Crippen molar-refractivity contribution in [2.45, 2.75) is 4.90 Å². The molecule has 8 heteroatoms. The molecule has 7 nitrogen and oxygen atoms in total. The first-order valence-electron chi connectivity index (χ1n) is 5.12. The van der Waals surface area contributed by atoms with Crippen LogP contribution in [-0.2, 0) is 19.6 Å². The van der Waals surface area contributed by atoms with Crippen LogP contribution in [0.4, 0.5) is 5.69 Å². The highest BCUT2D eigenvalue weighted by atomic mass is 32.2. The second-order valence-electron chi connectivity index (χ2n) is 3.52. The Morgan fingerprint density at radius 2 is 1.89 bits per heavy atom. The van der Waals surface area contributed by atoms with Crippen molar-refractivity contribution < 1.29 is 17.9 Å². The number of ether oxygens (including phenoxy) is 1. The van der Waals surface area contributed by atoms with Crippen molar-refractivity contribution in [3.63, 3.8) is 0 Å². The Labute approximate surface area is 105 Å². The van der Waals surface area contributed by atoms with Gasteiger partial charge in [0.1, 0.15) is 6.61 Å². The Hall–Kier alpha value is -1.64. The molecular weight excluding hydrogens is 258 g/mol. The normalized spacial score (nSPS) is 11.2. The minimum atomic E-state index is -3.66. The molecule has 1 amide bonds. The van der Waals surface area contributed by atoms with Crippen LogP contribution in [0, 0.1) is 0 Å². The molecule has 0 aliphatic carbocycles. The average molecular weight is 273 g/mol. The van der Waals surface area contributed by atoms with E-state index in [0.29, 0.717) is 13.2 Å². The predicted octanol–water partition coefficient (Wildman–Crippen LogP) is -0.752. The Bertz CT molecular complexity index is 498. The van der Waals surface area contributed by atoms with Crippen molar-refractivity contribution in [3.8, 4) is 0 Å². The van der Waals surface area contributed by atoms with E-state index < -0.39 is 15.9 Å². The van der Waals surface area contributed by atoms with Crippen LogP contribution in [0.1, 0.15) is 0 Å². The Kier molecular flexibility index (Phi) is 5.08. The molecule has 18 heavy (non-hydrogen) atoms. The van der Waals surface area contributed by atoms with Crippen LogP contribution in [0.15, 0.2) is 29.2 Å². The van der Waals surface area contributed by atoms with Crippen LogP contribution < -0.4 is 16.2 Å². The summed E-state index contributed by atoms with van der Waals surface area (Å²) in [6, 6.07) is 5.99. The second kappa shape index (κ2) is 6.34. The average Bonchev–Trinajstić information content (AvgIpc) is 2.27. The van der Waals surface area contributed by atoms with Crippen molar-refractivity contribution in [2.24, 2.45) is 10.9 Å². The number of primary sulfonamides is 1. The number of nitrogens with two attached hydrogens (primary N) is 2. The molecule has 0 aliphatic heterocycles. The highest BCUT2D eigenvalue weighted by molar-refractivity contribution is 7.89. The first-order valence-corrected chi connectivity index (χ1v) is 6.67. The fourth-order valence-electron chi connectivity index (χ4n) is 1.20. The molecule has 100 valence electrons. The topological polar surface area (TPSA) is 125 Å². The van der Waals surface area contributed by atoms with Gasteiger partial charge in [-0.3, -0.25) is 4.79 Å². The predicted molar refractivity (Wildman–Crippen MR) is 66.3 cm³/mol. The molecular formula is C10H15N3O4S. The molecule has 0 heterocycles. The first-order chi connectivity index (χ1) is 8.39. The summed E-state index contributed by atoms with van der Waals surface area (Å²) in [4.78, 5) is 10.4. The standard InChI is InChI=1S/C10H15N3O4S/c11-10(14)7-17-6-5-13-8-1-3-9(4-2-8)18(12,15)16/h1-4,13H,5-7H2,(H2,11,14)(H2,12,15,16). The highest BCUT2D eigenvalue weighted by Gasteiger charge is 2.06.